The van der Waals surface area contributed by atoms with Crippen molar-refractivity contribution in [3.63, 3.8) is 0 Å². The van der Waals surface area contributed by atoms with Crippen LogP contribution in [-0.2, 0) is 4.74 Å². The molecule has 0 aromatic carbocycles. The molecule has 1 aromatic heterocycles. The highest BCUT2D eigenvalue weighted by atomic mass is 32.2. The van der Waals surface area contributed by atoms with Crippen molar-refractivity contribution in [3.05, 3.63) is 18.2 Å². The van der Waals surface area contributed by atoms with Crippen LogP contribution in [0, 0.1) is 17.8 Å². The lowest BCUT2D eigenvalue weighted by Gasteiger charge is -2.39. The monoisotopic (exact) mass is 417 g/mol. The van der Waals surface area contributed by atoms with Crippen LogP contribution >= 0.6 is 11.8 Å². The minimum atomic E-state index is -0.237. The minimum absolute atomic E-state index is 0.00688. The molecule has 2 saturated carbocycles. The van der Waals surface area contributed by atoms with Crippen molar-refractivity contribution < 1.29 is 9.53 Å². The highest BCUT2D eigenvalue weighted by Crippen LogP contribution is 2.45. The van der Waals surface area contributed by atoms with Gasteiger partial charge in [-0.1, -0.05) is 18.2 Å². The molecular formula is C21H31N5O2S. The van der Waals surface area contributed by atoms with Crippen LogP contribution in [0.3, 0.4) is 0 Å². The molecule has 8 heteroatoms. The van der Waals surface area contributed by atoms with Gasteiger partial charge in [0.25, 0.3) is 5.91 Å². The molecular weight excluding hydrogens is 386 g/mol. The second-order valence-corrected chi connectivity index (χ2v) is 10.7. The van der Waals surface area contributed by atoms with Crippen molar-refractivity contribution in [2.24, 2.45) is 22.7 Å². The standard InChI is InChI=1S/C21H31N5O2S/c1-21(12-14-4-8-26(9-5-14)19(27)18-22-6-7-23-18)28-13-24-20(29-21)25-17-11-15-2-3-16(17)10-15/h6-7,14-17H,2-5,8-13H2,1H3,(H,22,23)(H,24,25)/t15-,16+,17+,21?/m1/s1. The van der Waals surface area contributed by atoms with Gasteiger partial charge in [0, 0.05) is 31.5 Å². The summed E-state index contributed by atoms with van der Waals surface area (Å²) >= 11 is 1.77. The number of ether oxygens (including phenoxy) is 1. The zero-order valence-corrected chi connectivity index (χ0v) is 17.9. The molecule has 5 rings (SSSR count). The van der Waals surface area contributed by atoms with Crippen molar-refractivity contribution in [1.29, 1.82) is 0 Å². The molecule has 2 aliphatic heterocycles. The molecule has 29 heavy (non-hydrogen) atoms. The van der Waals surface area contributed by atoms with Crippen molar-refractivity contribution in [3.8, 4) is 0 Å². The van der Waals surface area contributed by atoms with E-state index in [0.717, 1.165) is 49.4 Å². The number of rotatable bonds is 4. The highest BCUT2D eigenvalue weighted by molar-refractivity contribution is 8.14. The van der Waals surface area contributed by atoms with Gasteiger partial charge in [-0.2, -0.15) is 0 Å². The number of amides is 1. The number of imidazole rings is 1. The van der Waals surface area contributed by atoms with Gasteiger partial charge in [0.05, 0.1) is 0 Å². The predicted octanol–water partition coefficient (Wildman–Crippen LogP) is 3.22. The van der Waals surface area contributed by atoms with Gasteiger partial charge in [0.15, 0.2) is 11.0 Å². The number of piperidine rings is 1. The first-order valence-electron chi connectivity index (χ1n) is 11.0. The number of H-pyrrole nitrogens is 1. The second-order valence-electron chi connectivity index (χ2n) is 9.28. The number of carbonyl (C=O) groups is 1. The maximum absolute atomic E-state index is 12.5. The number of likely N-dealkylation sites (tertiary alicyclic amines) is 1. The van der Waals surface area contributed by atoms with Crippen LogP contribution in [0.5, 0.6) is 0 Å². The summed E-state index contributed by atoms with van der Waals surface area (Å²) in [5.74, 6) is 2.79. The van der Waals surface area contributed by atoms with Crippen LogP contribution in [0.2, 0.25) is 0 Å². The number of nitrogens with zero attached hydrogens (tertiary/aromatic N) is 3. The Bertz CT molecular complexity index is 761. The van der Waals surface area contributed by atoms with E-state index in [1.807, 2.05) is 4.90 Å². The predicted molar refractivity (Wildman–Crippen MR) is 114 cm³/mol. The largest absolute Gasteiger partial charge is 0.362 e. The average molecular weight is 418 g/mol. The number of nitrogens with one attached hydrogen (secondary N) is 2. The second kappa shape index (κ2) is 7.95. The van der Waals surface area contributed by atoms with Crippen molar-refractivity contribution in [1.82, 2.24) is 20.2 Å². The third-order valence-electron chi connectivity index (χ3n) is 7.20. The molecule has 2 aliphatic carbocycles. The highest BCUT2D eigenvalue weighted by Gasteiger charge is 2.42. The van der Waals surface area contributed by atoms with E-state index in [1.54, 1.807) is 24.2 Å². The Morgan fingerprint density at radius 2 is 2.21 bits per heavy atom. The molecule has 2 bridgehead atoms. The van der Waals surface area contributed by atoms with Crippen LogP contribution in [-0.4, -0.2) is 56.7 Å². The van der Waals surface area contributed by atoms with E-state index < -0.39 is 0 Å². The number of carbonyl (C=O) groups excluding carboxylic acids is 1. The summed E-state index contributed by atoms with van der Waals surface area (Å²) in [5, 5.41) is 4.82. The molecule has 0 spiro atoms. The Hall–Kier alpha value is -1.54. The summed E-state index contributed by atoms with van der Waals surface area (Å²) in [6.45, 7) is 4.22. The summed E-state index contributed by atoms with van der Waals surface area (Å²) < 4.78 is 6.10. The molecule has 4 aliphatic rings. The topological polar surface area (TPSA) is 82.6 Å². The van der Waals surface area contributed by atoms with E-state index in [-0.39, 0.29) is 10.8 Å². The Morgan fingerprint density at radius 1 is 1.34 bits per heavy atom. The smallest absolute Gasteiger partial charge is 0.289 e. The van der Waals surface area contributed by atoms with Gasteiger partial charge in [-0.3, -0.25) is 4.79 Å². The van der Waals surface area contributed by atoms with E-state index in [2.05, 4.69) is 27.2 Å². The first kappa shape index (κ1) is 19.4. The summed E-state index contributed by atoms with van der Waals surface area (Å²) in [6, 6.07) is 0.609. The number of aromatic amines is 1. The Kier molecular flexibility index (Phi) is 5.32. The Labute approximate surface area is 176 Å². The molecule has 2 N–H and O–H groups in total. The first-order valence-corrected chi connectivity index (χ1v) is 11.8. The molecule has 1 saturated heterocycles. The van der Waals surface area contributed by atoms with Gasteiger partial charge in [0.1, 0.15) is 11.7 Å². The quantitative estimate of drug-likeness (QED) is 0.786. The van der Waals surface area contributed by atoms with E-state index >= 15 is 0 Å². The number of hydrogen-bond donors (Lipinski definition) is 2. The number of hydrogen-bond acceptors (Lipinski definition) is 6. The number of fused-ring (bicyclic) bond motifs is 2. The van der Waals surface area contributed by atoms with Crippen molar-refractivity contribution in [2.75, 3.05) is 19.8 Å². The van der Waals surface area contributed by atoms with Gasteiger partial charge in [-0.05, 0) is 63.2 Å². The minimum Gasteiger partial charge on any atom is -0.362 e. The summed E-state index contributed by atoms with van der Waals surface area (Å²) in [6.07, 6.45) is 11.9. The van der Waals surface area contributed by atoms with Crippen molar-refractivity contribution in [2.45, 2.75) is 62.8 Å². The van der Waals surface area contributed by atoms with Crippen molar-refractivity contribution >= 4 is 22.8 Å². The van der Waals surface area contributed by atoms with Crippen LogP contribution < -0.4 is 5.32 Å². The van der Waals surface area contributed by atoms with Crippen LogP contribution in [0.1, 0.15) is 62.5 Å². The molecule has 4 atom stereocenters. The van der Waals surface area contributed by atoms with E-state index in [9.17, 15) is 4.79 Å². The third kappa shape index (κ3) is 4.19. The number of aliphatic imine (C=N–C) groups is 1. The molecule has 158 valence electrons. The van der Waals surface area contributed by atoms with Gasteiger partial charge >= 0.3 is 0 Å². The van der Waals surface area contributed by atoms with E-state index in [0.29, 0.717) is 24.5 Å². The molecule has 3 heterocycles. The molecule has 0 radical (unpaired) electrons. The van der Waals surface area contributed by atoms with Gasteiger partial charge in [-0.15, -0.1) is 0 Å². The maximum atomic E-state index is 12.5. The molecule has 7 nitrogen and oxygen atoms in total. The molecule has 1 aromatic rings. The number of amidine groups is 1. The van der Waals surface area contributed by atoms with Crippen LogP contribution in [0.4, 0.5) is 0 Å². The van der Waals surface area contributed by atoms with Gasteiger partial charge in [-0.25, -0.2) is 9.98 Å². The maximum Gasteiger partial charge on any atom is 0.289 e. The average Bonchev–Trinajstić information content (AvgIpc) is 3.46. The zero-order chi connectivity index (χ0) is 19.8. The van der Waals surface area contributed by atoms with Gasteiger partial charge in [0.2, 0.25) is 0 Å². The number of aromatic nitrogens is 2. The van der Waals surface area contributed by atoms with E-state index in [4.69, 9.17) is 4.74 Å². The fourth-order valence-electron chi connectivity index (χ4n) is 5.65. The third-order valence-corrected chi connectivity index (χ3v) is 8.36. The SMILES string of the molecule is CC1(CC2CCN(C(=O)c3ncc[nH]3)CC2)OCN=C(N[C@H]2C[C@@H]3CC[C@H]2C3)S1. The normalized spacial score (nSPS) is 35.0. The zero-order valence-electron chi connectivity index (χ0n) is 17.1. The fourth-order valence-corrected chi connectivity index (χ4v) is 6.81. The van der Waals surface area contributed by atoms with Crippen LogP contribution in [0.25, 0.3) is 0 Å². The van der Waals surface area contributed by atoms with Crippen LogP contribution in [0.15, 0.2) is 17.4 Å². The number of thioether (sulfide) groups is 1. The van der Waals surface area contributed by atoms with E-state index in [1.165, 1.54) is 25.7 Å². The molecule has 1 amide bonds. The summed E-state index contributed by atoms with van der Waals surface area (Å²) in [4.78, 5) is 25.8. The summed E-state index contributed by atoms with van der Waals surface area (Å²) in [7, 11) is 0. The van der Waals surface area contributed by atoms with Gasteiger partial charge < -0.3 is 19.9 Å². The summed E-state index contributed by atoms with van der Waals surface area (Å²) in [5.41, 5.74) is 0. The molecule has 3 fully saturated rings. The lowest BCUT2D eigenvalue weighted by molar-refractivity contribution is 0.0159. The first-order chi connectivity index (χ1) is 14.1. The lowest BCUT2D eigenvalue weighted by Crippen LogP contribution is -2.44. The fraction of sp³-hybridized carbons (Fsp3) is 0.762. The Balaban J connectivity index is 1.12. The Morgan fingerprint density at radius 3 is 2.90 bits per heavy atom. The lowest BCUT2D eigenvalue weighted by atomic mass is 9.91. The molecule has 1 unspecified atom stereocenters.